The summed E-state index contributed by atoms with van der Waals surface area (Å²) < 4.78 is 49.9. The maximum atomic E-state index is 14.7. The van der Waals surface area contributed by atoms with Crippen LogP contribution in [0.1, 0.15) is 52.2 Å². The van der Waals surface area contributed by atoms with E-state index in [0.29, 0.717) is 12.4 Å². The Bertz CT molecular complexity index is 2550. The number of ether oxygens (including phenoxy) is 7. The van der Waals surface area contributed by atoms with E-state index in [1.54, 1.807) is 37.3 Å². The third-order valence-electron chi connectivity index (χ3n) is 10.9. The fraction of sp³-hybridized carbons (Fsp3) is 0.273. The van der Waals surface area contributed by atoms with Gasteiger partial charge >= 0.3 is 11.6 Å². The van der Waals surface area contributed by atoms with E-state index in [0.717, 1.165) is 27.8 Å². The summed E-state index contributed by atoms with van der Waals surface area (Å²) in [5.41, 5.74) is 4.12. The summed E-state index contributed by atoms with van der Waals surface area (Å²) in [4.78, 5) is 26.7. The molecule has 0 N–H and O–H groups in total. The lowest BCUT2D eigenvalue weighted by Crippen LogP contribution is -2.58. The molecule has 0 saturated carbocycles. The Balaban J connectivity index is 1.27. The highest BCUT2D eigenvalue weighted by Gasteiger charge is 2.51. The van der Waals surface area contributed by atoms with Gasteiger partial charge in [-0.2, -0.15) is 0 Å². The van der Waals surface area contributed by atoms with Crippen LogP contribution in [0.2, 0.25) is 0 Å². The van der Waals surface area contributed by atoms with Gasteiger partial charge in [0.25, 0.3) is 3.79 Å². The number of allylic oxidation sites excluding steroid dienone is 3. The molecule has 0 spiro atoms. The second kappa shape index (κ2) is 25.7. The van der Waals surface area contributed by atoms with Crippen LogP contribution in [0.4, 0.5) is 0 Å². The third-order valence-corrected chi connectivity index (χ3v) is 11.3. The van der Waals surface area contributed by atoms with Crippen molar-refractivity contribution in [1.82, 2.24) is 0 Å². The average Bonchev–Trinajstić information content (AvgIpc) is 3.35. The van der Waals surface area contributed by atoms with Crippen LogP contribution in [0.5, 0.6) is 5.75 Å². The van der Waals surface area contributed by atoms with Crippen LogP contribution in [0.25, 0.3) is 0 Å². The molecular formula is C55H53Cl3O10. The zero-order chi connectivity index (χ0) is 47.6. The third kappa shape index (κ3) is 15.2. The van der Waals surface area contributed by atoms with Crippen LogP contribution < -0.4 is 10.4 Å². The molecule has 354 valence electrons. The number of alkyl halides is 3. The van der Waals surface area contributed by atoms with Crippen LogP contribution in [0.15, 0.2) is 191 Å². The molecule has 6 aromatic rings. The molecule has 1 aliphatic rings. The van der Waals surface area contributed by atoms with Gasteiger partial charge < -0.3 is 37.6 Å². The van der Waals surface area contributed by atoms with Gasteiger partial charge in [-0.3, -0.25) is 0 Å². The number of hydrogen-bond donors (Lipinski definition) is 0. The molecule has 1 aromatic heterocycles. The predicted octanol–water partition coefficient (Wildman–Crippen LogP) is 11.6. The lowest BCUT2D eigenvalue weighted by molar-refractivity contribution is -0.275. The topological polar surface area (TPSA) is 112 Å². The molecule has 7 rings (SSSR count). The molecule has 0 amide bonds. The van der Waals surface area contributed by atoms with E-state index in [9.17, 15) is 9.59 Å². The standard InChI is InChI=1S/C55H53Cl3O10/c1-39(66-54(60)55(56,57)58)20-8-2-19-31-45-32-46(62-34-41-23-11-4-12-24-41)48(53(59)67-45)50-52(65-37-44-29-17-7-18-30-44)51(64-36-43-27-15-6-16-28-43)49(63-35-42-25-13-5-14-26-42)47(68-50)38-61-33-40-21-9-3-10-22-40/h2-30,32,39,47,49-52H,31,33-38H2,1H3/b19-2+,20-8+/t39?,47-,49+,50+,51+,52+/m1/s1. The van der Waals surface area contributed by atoms with E-state index >= 15 is 0 Å². The molecule has 10 nitrogen and oxygen atoms in total. The first-order valence-electron chi connectivity index (χ1n) is 22.3. The zero-order valence-corrected chi connectivity index (χ0v) is 39.7. The summed E-state index contributed by atoms with van der Waals surface area (Å²) in [7, 11) is 0. The number of halogens is 3. The monoisotopic (exact) mass is 978 g/mol. The highest BCUT2D eigenvalue weighted by Crippen LogP contribution is 2.41. The van der Waals surface area contributed by atoms with Gasteiger partial charge in [0.1, 0.15) is 60.3 Å². The van der Waals surface area contributed by atoms with E-state index in [1.165, 1.54) is 0 Å². The molecule has 68 heavy (non-hydrogen) atoms. The first kappa shape index (κ1) is 50.3. The van der Waals surface area contributed by atoms with Crippen LogP contribution in [-0.2, 0) is 72.7 Å². The Morgan fingerprint density at radius 2 is 1.10 bits per heavy atom. The van der Waals surface area contributed by atoms with E-state index in [-0.39, 0.29) is 50.8 Å². The number of hydrogen-bond acceptors (Lipinski definition) is 10. The number of carbonyl (C=O) groups excluding carboxylic acids is 1. The molecule has 5 aromatic carbocycles. The smallest absolute Gasteiger partial charge is 0.359 e. The van der Waals surface area contributed by atoms with Crippen molar-refractivity contribution < 1.29 is 42.4 Å². The van der Waals surface area contributed by atoms with Crippen molar-refractivity contribution in [1.29, 1.82) is 0 Å². The number of carbonyl (C=O) groups is 1. The van der Waals surface area contributed by atoms with Crippen LogP contribution in [-0.4, -0.2) is 46.9 Å². The van der Waals surface area contributed by atoms with Crippen molar-refractivity contribution in [3.63, 3.8) is 0 Å². The van der Waals surface area contributed by atoms with Gasteiger partial charge in [0, 0.05) is 12.5 Å². The Kier molecular flexibility index (Phi) is 19.0. The van der Waals surface area contributed by atoms with Gasteiger partial charge in [-0.15, -0.1) is 0 Å². The van der Waals surface area contributed by atoms with E-state index in [4.69, 9.17) is 72.4 Å². The highest BCUT2D eigenvalue weighted by atomic mass is 35.6. The van der Waals surface area contributed by atoms with Crippen LogP contribution in [0.3, 0.4) is 0 Å². The molecular weight excluding hydrogens is 927 g/mol. The SMILES string of the molecule is CC(/C=C/C=C/Cc1cc(OCc2ccccc2)c([C@@H]2O[C@H](COCc3ccccc3)[C@H](OCc3ccccc3)[C@H](OCc3ccccc3)[C@H]2OCc2ccccc2)c(=O)o1)OC(=O)C(Cl)(Cl)Cl. The number of benzene rings is 5. The Labute approximate surface area is 411 Å². The second-order valence-corrected chi connectivity index (χ2v) is 18.3. The number of esters is 1. The summed E-state index contributed by atoms with van der Waals surface area (Å²) in [6.07, 6.45) is 1.99. The first-order valence-corrected chi connectivity index (χ1v) is 23.4. The van der Waals surface area contributed by atoms with Crippen molar-refractivity contribution in [2.75, 3.05) is 6.61 Å². The average molecular weight is 980 g/mol. The van der Waals surface area contributed by atoms with Crippen LogP contribution >= 0.6 is 34.8 Å². The van der Waals surface area contributed by atoms with E-state index in [1.807, 2.05) is 152 Å². The molecule has 1 saturated heterocycles. The Morgan fingerprint density at radius 1 is 0.632 bits per heavy atom. The molecule has 0 bridgehead atoms. The molecule has 1 unspecified atom stereocenters. The quantitative estimate of drug-likeness (QED) is 0.0370. The Morgan fingerprint density at radius 3 is 1.62 bits per heavy atom. The van der Waals surface area contributed by atoms with Crippen molar-refractivity contribution >= 4 is 40.8 Å². The molecule has 6 atom stereocenters. The van der Waals surface area contributed by atoms with E-state index in [2.05, 4.69) is 0 Å². The van der Waals surface area contributed by atoms with Gasteiger partial charge in [-0.05, 0) is 40.8 Å². The molecule has 0 radical (unpaired) electrons. The van der Waals surface area contributed by atoms with Crippen molar-refractivity contribution in [3.8, 4) is 5.75 Å². The summed E-state index contributed by atoms with van der Waals surface area (Å²) in [5.74, 6) is -0.411. The minimum Gasteiger partial charge on any atom is -0.488 e. The minimum absolute atomic E-state index is 0.0890. The van der Waals surface area contributed by atoms with Gasteiger partial charge in [0.05, 0.1) is 33.0 Å². The zero-order valence-electron chi connectivity index (χ0n) is 37.5. The normalized spacial score (nSPS) is 19.0. The van der Waals surface area contributed by atoms with Gasteiger partial charge in [0.15, 0.2) is 0 Å². The highest BCUT2D eigenvalue weighted by molar-refractivity contribution is 6.75. The first-order chi connectivity index (χ1) is 33.1. The summed E-state index contributed by atoms with van der Waals surface area (Å²) >= 11 is 16.9. The van der Waals surface area contributed by atoms with Gasteiger partial charge in [-0.25, -0.2) is 9.59 Å². The largest absolute Gasteiger partial charge is 0.488 e. The number of rotatable bonds is 22. The molecule has 13 heteroatoms. The minimum atomic E-state index is -2.19. The Hall–Kier alpha value is -5.53. The summed E-state index contributed by atoms with van der Waals surface area (Å²) in [6.45, 7) is 2.80. The molecule has 1 aliphatic heterocycles. The maximum absolute atomic E-state index is 14.7. The second-order valence-electron chi connectivity index (χ2n) is 16.1. The lowest BCUT2D eigenvalue weighted by Gasteiger charge is -2.46. The van der Waals surface area contributed by atoms with Crippen LogP contribution in [0, 0.1) is 0 Å². The maximum Gasteiger partial charge on any atom is 0.359 e. The van der Waals surface area contributed by atoms with Gasteiger partial charge in [-0.1, -0.05) is 205 Å². The fourth-order valence-corrected chi connectivity index (χ4v) is 7.65. The van der Waals surface area contributed by atoms with Crippen molar-refractivity contribution in [3.05, 3.63) is 232 Å². The molecule has 0 aliphatic carbocycles. The lowest BCUT2D eigenvalue weighted by atomic mass is 9.90. The molecule has 2 heterocycles. The summed E-state index contributed by atoms with van der Waals surface area (Å²) in [6, 6.07) is 50.7. The van der Waals surface area contributed by atoms with E-state index < -0.39 is 52.0 Å². The summed E-state index contributed by atoms with van der Waals surface area (Å²) in [5, 5.41) is 0. The molecule has 1 fully saturated rings. The van der Waals surface area contributed by atoms with Crippen molar-refractivity contribution in [2.45, 2.75) is 86.8 Å². The predicted molar refractivity (Wildman–Crippen MR) is 262 cm³/mol. The van der Waals surface area contributed by atoms with Gasteiger partial charge in [0.2, 0.25) is 0 Å². The fourth-order valence-electron chi connectivity index (χ4n) is 7.52. The van der Waals surface area contributed by atoms with Crippen molar-refractivity contribution in [2.24, 2.45) is 0 Å².